The molecule has 0 aliphatic heterocycles. The van der Waals surface area contributed by atoms with Crippen LogP contribution in [0.1, 0.15) is 19.4 Å². The number of nitrogens with one attached hydrogen (secondary N) is 1. The summed E-state index contributed by atoms with van der Waals surface area (Å²) in [4.78, 5) is -0.0565. The Morgan fingerprint density at radius 2 is 1.94 bits per heavy atom. The van der Waals surface area contributed by atoms with Crippen LogP contribution in [0.4, 0.5) is 4.39 Å². The van der Waals surface area contributed by atoms with Crippen LogP contribution < -0.4 is 10.5 Å². The van der Waals surface area contributed by atoms with Crippen molar-refractivity contribution in [3.8, 4) is 0 Å². The van der Waals surface area contributed by atoms with Crippen molar-refractivity contribution in [2.45, 2.75) is 31.2 Å². The lowest BCUT2D eigenvalue weighted by molar-refractivity contribution is 0.462. The highest BCUT2D eigenvalue weighted by molar-refractivity contribution is 7.89. The Morgan fingerprint density at radius 1 is 1.39 bits per heavy atom. The van der Waals surface area contributed by atoms with Crippen molar-refractivity contribution >= 4 is 22.4 Å². The van der Waals surface area contributed by atoms with Crippen LogP contribution in [-0.2, 0) is 10.0 Å². The van der Waals surface area contributed by atoms with Gasteiger partial charge in [0.05, 0.1) is 4.90 Å². The average molecular weight is 297 g/mol. The second-order valence-corrected chi connectivity index (χ2v) is 6.25. The predicted molar refractivity (Wildman–Crippen MR) is 71.8 cm³/mol. The minimum Gasteiger partial charge on any atom is -0.329 e. The van der Waals surface area contributed by atoms with Crippen LogP contribution in [0.2, 0.25) is 0 Å². The molecule has 7 heteroatoms. The summed E-state index contributed by atoms with van der Waals surface area (Å²) in [6.45, 7) is 5.10. The smallest absolute Gasteiger partial charge is 0.241 e. The minimum atomic E-state index is -3.75. The number of hydrogen-bond acceptors (Lipinski definition) is 3. The van der Waals surface area contributed by atoms with Gasteiger partial charge < -0.3 is 5.73 Å². The standard InChI is InChI=1S/C11H17FN2O2S.ClH/c1-8-4-5-9(12)6-10(8)17(15,16)14-11(2,3)7-13;/h4-6,14H,7,13H2,1-3H3;1H. The number of rotatable bonds is 4. The molecule has 0 amide bonds. The molecule has 0 aromatic heterocycles. The highest BCUT2D eigenvalue weighted by Gasteiger charge is 2.26. The van der Waals surface area contributed by atoms with E-state index in [9.17, 15) is 12.8 Å². The molecular formula is C11H18ClFN2O2S. The van der Waals surface area contributed by atoms with Crippen LogP contribution in [0.5, 0.6) is 0 Å². The molecule has 0 fully saturated rings. The van der Waals surface area contributed by atoms with Gasteiger partial charge in [-0.3, -0.25) is 0 Å². The van der Waals surface area contributed by atoms with Crippen LogP contribution in [0.3, 0.4) is 0 Å². The van der Waals surface area contributed by atoms with Gasteiger partial charge >= 0.3 is 0 Å². The van der Waals surface area contributed by atoms with Gasteiger partial charge in [-0.05, 0) is 38.5 Å². The van der Waals surface area contributed by atoms with Gasteiger partial charge in [-0.25, -0.2) is 17.5 Å². The normalized spacial score (nSPS) is 12.1. The van der Waals surface area contributed by atoms with Crippen molar-refractivity contribution in [2.24, 2.45) is 5.73 Å². The number of hydrogen-bond donors (Lipinski definition) is 2. The molecular weight excluding hydrogens is 279 g/mol. The highest BCUT2D eigenvalue weighted by Crippen LogP contribution is 2.18. The number of benzene rings is 1. The molecule has 1 aromatic carbocycles. The molecule has 0 atom stereocenters. The second kappa shape index (κ2) is 5.97. The van der Waals surface area contributed by atoms with Gasteiger partial charge in [-0.1, -0.05) is 6.07 Å². The Balaban J connectivity index is 0.00000289. The molecule has 0 bridgehead atoms. The van der Waals surface area contributed by atoms with Gasteiger partial charge in [0.25, 0.3) is 0 Å². The Morgan fingerprint density at radius 3 is 2.44 bits per heavy atom. The third kappa shape index (κ3) is 4.20. The Kier molecular flexibility index (Phi) is 5.74. The zero-order valence-electron chi connectivity index (χ0n) is 10.5. The van der Waals surface area contributed by atoms with E-state index in [0.717, 1.165) is 6.07 Å². The number of nitrogens with two attached hydrogens (primary N) is 1. The van der Waals surface area contributed by atoms with E-state index in [1.165, 1.54) is 12.1 Å². The Labute approximate surface area is 113 Å². The van der Waals surface area contributed by atoms with Crippen LogP contribution in [0, 0.1) is 12.7 Å². The summed E-state index contributed by atoms with van der Waals surface area (Å²) < 4.78 is 39.6. The molecule has 104 valence electrons. The zero-order chi connectivity index (χ0) is 13.3. The molecule has 0 saturated carbocycles. The van der Waals surface area contributed by atoms with Crippen molar-refractivity contribution in [1.29, 1.82) is 0 Å². The van der Waals surface area contributed by atoms with Crippen LogP contribution >= 0.6 is 12.4 Å². The largest absolute Gasteiger partial charge is 0.329 e. The van der Waals surface area contributed by atoms with Gasteiger partial charge in [0.15, 0.2) is 0 Å². The molecule has 0 aliphatic rings. The van der Waals surface area contributed by atoms with Crippen molar-refractivity contribution in [3.63, 3.8) is 0 Å². The summed E-state index contributed by atoms with van der Waals surface area (Å²) in [6.07, 6.45) is 0. The monoisotopic (exact) mass is 296 g/mol. The molecule has 0 heterocycles. The van der Waals surface area contributed by atoms with E-state index in [2.05, 4.69) is 4.72 Å². The third-order valence-electron chi connectivity index (χ3n) is 2.36. The average Bonchev–Trinajstić information content (AvgIpc) is 2.20. The van der Waals surface area contributed by atoms with Crippen molar-refractivity contribution < 1.29 is 12.8 Å². The van der Waals surface area contributed by atoms with E-state index < -0.39 is 21.4 Å². The van der Waals surface area contributed by atoms with Gasteiger partial charge in [0.2, 0.25) is 10.0 Å². The molecule has 1 aromatic rings. The van der Waals surface area contributed by atoms with E-state index in [1.54, 1.807) is 20.8 Å². The highest BCUT2D eigenvalue weighted by atomic mass is 35.5. The molecule has 0 unspecified atom stereocenters. The summed E-state index contributed by atoms with van der Waals surface area (Å²) in [7, 11) is -3.75. The van der Waals surface area contributed by atoms with E-state index in [1.807, 2.05) is 0 Å². The van der Waals surface area contributed by atoms with Gasteiger partial charge in [0, 0.05) is 12.1 Å². The van der Waals surface area contributed by atoms with Gasteiger partial charge in [-0.2, -0.15) is 0 Å². The summed E-state index contributed by atoms with van der Waals surface area (Å²) >= 11 is 0. The molecule has 0 saturated heterocycles. The fourth-order valence-corrected chi connectivity index (χ4v) is 3.00. The van der Waals surface area contributed by atoms with Crippen LogP contribution in [0.15, 0.2) is 23.1 Å². The topological polar surface area (TPSA) is 72.2 Å². The SMILES string of the molecule is Cc1ccc(F)cc1S(=O)(=O)NC(C)(C)CN.Cl. The zero-order valence-corrected chi connectivity index (χ0v) is 12.2. The van der Waals surface area contributed by atoms with E-state index in [4.69, 9.17) is 5.73 Å². The second-order valence-electron chi connectivity index (χ2n) is 4.60. The fourth-order valence-electron chi connectivity index (χ4n) is 1.32. The Bertz CT molecular complexity index is 518. The number of sulfonamides is 1. The first-order valence-corrected chi connectivity index (χ1v) is 6.66. The fraction of sp³-hybridized carbons (Fsp3) is 0.455. The molecule has 3 N–H and O–H groups in total. The van der Waals surface area contributed by atoms with Crippen molar-refractivity contribution in [1.82, 2.24) is 4.72 Å². The number of aryl methyl sites for hydroxylation is 1. The molecule has 18 heavy (non-hydrogen) atoms. The van der Waals surface area contributed by atoms with Crippen molar-refractivity contribution in [3.05, 3.63) is 29.6 Å². The van der Waals surface area contributed by atoms with E-state index >= 15 is 0 Å². The molecule has 1 rings (SSSR count). The van der Waals surface area contributed by atoms with Crippen molar-refractivity contribution in [2.75, 3.05) is 6.54 Å². The van der Waals surface area contributed by atoms with Gasteiger partial charge in [0.1, 0.15) is 5.82 Å². The first-order chi connectivity index (χ1) is 7.68. The summed E-state index contributed by atoms with van der Waals surface area (Å²) in [6, 6.07) is 3.66. The van der Waals surface area contributed by atoms with E-state index in [0.29, 0.717) is 5.56 Å². The van der Waals surface area contributed by atoms with Gasteiger partial charge in [-0.15, -0.1) is 12.4 Å². The van der Waals surface area contributed by atoms with Crippen LogP contribution in [0.25, 0.3) is 0 Å². The maximum atomic E-state index is 13.1. The molecule has 4 nitrogen and oxygen atoms in total. The lowest BCUT2D eigenvalue weighted by Gasteiger charge is -2.24. The van der Waals surface area contributed by atoms with Crippen LogP contribution in [-0.4, -0.2) is 20.5 Å². The maximum absolute atomic E-state index is 13.1. The molecule has 0 radical (unpaired) electrons. The summed E-state index contributed by atoms with van der Waals surface area (Å²) in [5.41, 5.74) is 5.18. The quantitative estimate of drug-likeness (QED) is 0.886. The molecule has 0 spiro atoms. The lowest BCUT2D eigenvalue weighted by atomic mass is 10.1. The third-order valence-corrected chi connectivity index (χ3v) is 4.20. The van der Waals surface area contributed by atoms with E-state index in [-0.39, 0.29) is 23.8 Å². The first-order valence-electron chi connectivity index (χ1n) is 5.18. The first kappa shape index (κ1) is 17.3. The predicted octanol–water partition coefficient (Wildman–Crippen LogP) is 1.57. The number of halogens is 2. The maximum Gasteiger partial charge on any atom is 0.241 e. The lowest BCUT2D eigenvalue weighted by Crippen LogP contribution is -2.48. The summed E-state index contributed by atoms with van der Waals surface area (Å²) in [5, 5.41) is 0. The molecule has 0 aliphatic carbocycles. The summed E-state index contributed by atoms with van der Waals surface area (Å²) in [5.74, 6) is -0.582. The Hall–Kier alpha value is -0.690. The minimum absolute atomic E-state index is 0.